The second-order valence-corrected chi connectivity index (χ2v) is 6.27. The first-order chi connectivity index (χ1) is 8.43. The molecular weight excluding hydrogens is 238 g/mol. The van der Waals surface area contributed by atoms with E-state index in [0.29, 0.717) is 0 Å². The SMILES string of the molecule is CCN1CCC2(C1)CN(C(=O)C1CC(F)(F)C1)C2. The van der Waals surface area contributed by atoms with Crippen molar-refractivity contribution in [1.29, 1.82) is 0 Å². The molecule has 0 aromatic carbocycles. The molecule has 0 radical (unpaired) electrons. The highest BCUT2D eigenvalue weighted by Gasteiger charge is 2.54. The molecule has 1 amide bonds. The molecule has 0 N–H and O–H groups in total. The largest absolute Gasteiger partial charge is 0.341 e. The monoisotopic (exact) mass is 258 g/mol. The van der Waals surface area contributed by atoms with E-state index in [2.05, 4.69) is 11.8 Å². The van der Waals surface area contributed by atoms with Crippen LogP contribution in [-0.2, 0) is 4.79 Å². The summed E-state index contributed by atoms with van der Waals surface area (Å²) in [6, 6.07) is 0. The Labute approximate surface area is 106 Å². The summed E-state index contributed by atoms with van der Waals surface area (Å²) in [6.45, 7) is 6.95. The van der Waals surface area contributed by atoms with Crippen LogP contribution in [0.25, 0.3) is 0 Å². The lowest BCUT2D eigenvalue weighted by atomic mass is 9.75. The summed E-state index contributed by atoms with van der Waals surface area (Å²) in [5.41, 5.74) is 0.276. The summed E-state index contributed by atoms with van der Waals surface area (Å²) in [4.78, 5) is 16.2. The molecule has 102 valence electrons. The zero-order valence-corrected chi connectivity index (χ0v) is 10.8. The van der Waals surface area contributed by atoms with E-state index in [1.807, 2.05) is 0 Å². The molecule has 0 atom stereocenters. The predicted octanol–water partition coefficient (Wildman–Crippen LogP) is 1.59. The number of amides is 1. The number of carbonyl (C=O) groups is 1. The van der Waals surface area contributed by atoms with Crippen LogP contribution in [-0.4, -0.2) is 54.4 Å². The fourth-order valence-electron chi connectivity index (χ4n) is 3.57. The average Bonchev–Trinajstić information content (AvgIpc) is 2.67. The van der Waals surface area contributed by atoms with Crippen molar-refractivity contribution in [3.63, 3.8) is 0 Å². The van der Waals surface area contributed by atoms with E-state index < -0.39 is 11.8 Å². The van der Waals surface area contributed by atoms with Crippen molar-refractivity contribution in [2.45, 2.75) is 32.1 Å². The number of rotatable bonds is 2. The average molecular weight is 258 g/mol. The van der Waals surface area contributed by atoms with Gasteiger partial charge in [-0.05, 0) is 19.5 Å². The van der Waals surface area contributed by atoms with Gasteiger partial charge in [0.15, 0.2) is 0 Å². The fraction of sp³-hybridized carbons (Fsp3) is 0.923. The van der Waals surface area contributed by atoms with Gasteiger partial charge in [0, 0.05) is 43.8 Å². The molecular formula is C13H20F2N2O. The smallest absolute Gasteiger partial charge is 0.249 e. The van der Waals surface area contributed by atoms with Crippen molar-refractivity contribution >= 4 is 5.91 Å². The lowest BCUT2D eigenvalue weighted by molar-refractivity contribution is -0.169. The maximum atomic E-state index is 12.7. The molecule has 1 spiro atoms. The first kappa shape index (κ1) is 12.3. The van der Waals surface area contributed by atoms with Crippen LogP contribution in [0.5, 0.6) is 0 Å². The molecule has 3 fully saturated rings. The highest BCUT2D eigenvalue weighted by Crippen LogP contribution is 2.46. The van der Waals surface area contributed by atoms with Gasteiger partial charge in [-0.25, -0.2) is 8.78 Å². The van der Waals surface area contributed by atoms with Crippen molar-refractivity contribution in [2.75, 3.05) is 32.7 Å². The number of likely N-dealkylation sites (tertiary alicyclic amines) is 2. The molecule has 0 bridgehead atoms. The molecule has 0 aromatic heterocycles. The van der Waals surface area contributed by atoms with Crippen molar-refractivity contribution < 1.29 is 13.6 Å². The Bertz CT molecular complexity index is 358. The lowest BCUT2D eigenvalue weighted by Gasteiger charge is -2.50. The van der Waals surface area contributed by atoms with E-state index in [9.17, 15) is 13.6 Å². The number of alkyl halides is 2. The van der Waals surface area contributed by atoms with Gasteiger partial charge in [-0.15, -0.1) is 0 Å². The molecule has 2 heterocycles. The Morgan fingerprint density at radius 2 is 1.94 bits per heavy atom. The van der Waals surface area contributed by atoms with Crippen LogP contribution in [0.3, 0.4) is 0 Å². The van der Waals surface area contributed by atoms with E-state index in [1.54, 1.807) is 4.90 Å². The molecule has 1 saturated carbocycles. The second-order valence-electron chi connectivity index (χ2n) is 6.27. The maximum absolute atomic E-state index is 12.7. The first-order valence-electron chi connectivity index (χ1n) is 6.82. The maximum Gasteiger partial charge on any atom is 0.249 e. The normalized spacial score (nSPS) is 30.3. The zero-order chi connectivity index (χ0) is 13.0. The summed E-state index contributed by atoms with van der Waals surface area (Å²) < 4.78 is 25.5. The van der Waals surface area contributed by atoms with Crippen molar-refractivity contribution in [3.05, 3.63) is 0 Å². The molecule has 0 aromatic rings. The Hall–Kier alpha value is -0.710. The minimum Gasteiger partial charge on any atom is -0.341 e. The molecule has 3 nitrogen and oxygen atoms in total. The van der Waals surface area contributed by atoms with Gasteiger partial charge in [0.25, 0.3) is 0 Å². The summed E-state index contributed by atoms with van der Waals surface area (Å²) in [6.07, 6.45) is 0.665. The van der Waals surface area contributed by atoms with Gasteiger partial charge < -0.3 is 9.80 Å². The number of nitrogens with zero attached hydrogens (tertiary/aromatic N) is 2. The number of hydrogen-bond donors (Lipinski definition) is 0. The van der Waals surface area contributed by atoms with E-state index >= 15 is 0 Å². The van der Waals surface area contributed by atoms with Crippen LogP contribution in [0, 0.1) is 11.3 Å². The zero-order valence-electron chi connectivity index (χ0n) is 10.8. The molecule has 18 heavy (non-hydrogen) atoms. The van der Waals surface area contributed by atoms with Gasteiger partial charge in [0.1, 0.15) is 0 Å². The third-order valence-corrected chi connectivity index (χ3v) is 4.77. The van der Waals surface area contributed by atoms with E-state index in [-0.39, 0.29) is 24.2 Å². The first-order valence-corrected chi connectivity index (χ1v) is 6.82. The molecule has 0 unspecified atom stereocenters. The van der Waals surface area contributed by atoms with Gasteiger partial charge in [-0.3, -0.25) is 4.79 Å². The van der Waals surface area contributed by atoms with Crippen molar-refractivity contribution in [2.24, 2.45) is 11.3 Å². The van der Waals surface area contributed by atoms with Crippen LogP contribution in [0.2, 0.25) is 0 Å². The van der Waals surface area contributed by atoms with E-state index in [1.165, 1.54) is 0 Å². The second kappa shape index (κ2) is 3.89. The third kappa shape index (κ3) is 1.92. The topological polar surface area (TPSA) is 23.6 Å². The number of halogens is 2. The Balaban J connectivity index is 1.49. The van der Waals surface area contributed by atoms with Crippen LogP contribution in [0.15, 0.2) is 0 Å². The van der Waals surface area contributed by atoms with Gasteiger partial charge in [0.2, 0.25) is 11.8 Å². The van der Waals surface area contributed by atoms with Crippen LogP contribution >= 0.6 is 0 Å². The molecule has 5 heteroatoms. The fourth-order valence-corrected chi connectivity index (χ4v) is 3.57. The number of carbonyl (C=O) groups excluding carboxylic acids is 1. The van der Waals surface area contributed by atoms with Gasteiger partial charge in [-0.1, -0.05) is 6.92 Å². The minimum atomic E-state index is -2.59. The molecule has 3 aliphatic rings. The van der Waals surface area contributed by atoms with Gasteiger partial charge in [0.05, 0.1) is 0 Å². The molecule has 1 aliphatic carbocycles. The van der Waals surface area contributed by atoms with Crippen LogP contribution in [0.4, 0.5) is 8.78 Å². The van der Waals surface area contributed by atoms with E-state index in [4.69, 9.17) is 0 Å². The van der Waals surface area contributed by atoms with Gasteiger partial charge in [-0.2, -0.15) is 0 Å². The summed E-state index contributed by atoms with van der Waals surface area (Å²) >= 11 is 0. The van der Waals surface area contributed by atoms with Crippen molar-refractivity contribution in [1.82, 2.24) is 9.80 Å². The lowest BCUT2D eigenvalue weighted by Crippen LogP contribution is -2.62. The quantitative estimate of drug-likeness (QED) is 0.751. The predicted molar refractivity (Wildman–Crippen MR) is 63.4 cm³/mol. The Kier molecular flexibility index (Phi) is 2.66. The van der Waals surface area contributed by atoms with Crippen molar-refractivity contribution in [3.8, 4) is 0 Å². The Morgan fingerprint density at radius 1 is 1.28 bits per heavy atom. The minimum absolute atomic E-state index is 0.0403. The third-order valence-electron chi connectivity index (χ3n) is 4.77. The molecule has 2 saturated heterocycles. The summed E-state index contributed by atoms with van der Waals surface area (Å²) in [5, 5.41) is 0. The summed E-state index contributed by atoms with van der Waals surface area (Å²) in [7, 11) is 0. The highest BCUT2D eigenvalue weighted by molar-refractivity contribution is 5.81. The Morgan fingerprint density at radius 3 is 2.44 bits per heavy atom. The molecule has 2 aliphatic heterocycles. The van der Waals surface area contributed by atoms with Crippen LogP contribution < -0.4 is 0 Å². The molecule has 3 rings (SSSR count). The number of hydrogen-bond acceptors (Lipinski definition) is 2. The van der Waals surface area contributed by atoms with E-state index in [0.717, 1.165) is 39.1 Å². The summed E-state index contributed by atoms with van der Waals surface area (Å²) in [5.74, 6) is -3.04. The van der Waals surface area contributed by atoms with Gasteiger partial charge >= 0.3 is 0 Å². The highest BCUT2D eigenvalue weighted by atomic mass is 19.3. The van der Waals surface area contributed by atoms with Crippen LogP contribution in [0.1, 0.15) is 26.2 Å². The standard InChI is InChI=1S/C13H20F2N2O/c1-2-16-4-3-12(7-16)8-17(9-12)11(18)10-5-13(14,15)6-10/h10H,2-9H2,1H3.